The fourth-order valence-corrected chi connectivity index (χ4v) is 3.70. The van der Waals surface area contributed by atoms with Gasteiger partial charge < -0.3 is 4.84 Å². The Balaban J connectivity index is 2.57. The molecular formula is C23H32F3N3O2S. The number of alkyl halides is 3. The lowest BCUT2D eigenvalue weighted by molar-refractivity contribution is -0.137. The number of rotatable bonds is 6. The highest BCUT2D eigenvalue weighted by Crippen LogP contribution is 2.33. The minimum atomic E-state index is -4.59. The number of halogens is 3. The molecule has 1 amide bonds. The Kier molecular flexibility index (Phi) is 7.99. The van der Waals surface area contributed by atoms with E-state index in [1.807, 2.05) is 51.7 Å². The average Bonchev–Trinajstić information content (AvgIpc) is 3.06. The summed E-state index contributed by atoms with van der Waals surface area (Å²) in [5.41, 5.74) is 1.80. The van der Waals surface area contributed by atoms with Gasteiger partial charge in [0.1, 0.15) is 4.67 Å². The second-order valence-electron chi connectivity index (χ2n) is 9.73. The number of carbonyl (C=O) groups excluding carboxylic acids is 1. The number of nitrogens with one attached hydrogen (secondary N) is 1. The number of aromatic nitrogens is 1. The maximum Gasteiger partial charge on any atom is 0.416 e. The van der Waals surface area contributed by atoms with Crippen LogP contribution in [0.3, 0.4) is 0 Å². The summed E-state index contributed by atoms with van der Waals surface area (Å²) in [4.78, 5) is 22.8. The molecule has 0 aliphatic heterocycles. The number of hydrogen-bond donors (Lipinski definition) is 1. The standard InChI is InChI=1S/C23H32F3N3O2S/c1-8-9-10-15-14-29(22(5,6)7)32-20(15)27-19(30)17-13-16(23(24,25)26)11-12-18(17)31-28-21(2,3)4/h11-14,28H,8-10H2,1-7H3. The summed E-state index contributed by atoms with van der Waals surface area (Å²) >= 11 is 1.32. The Hall–Kier alpha value is -2.13. The first-order chi connectivity index (χ1) is 14.6. The van der Waals surface area contributed by atoms with Crippen molar-refractivity contribution < 1.29 is 22.8 Å². The van der Waals surface area contributed by atoms with Crippen molar-refractivity contribution in [2.45, 2.75) is 85.0 Å². The maximum absolute atomic E-state index is 13.3. The fraction of sp³-hybridized carbons (Fsp3) is 0.565. The predicted molar refractivity (Wildman–Crippen MR) is 121 cm³/mol. The normalized spacial score (nSPS) is 13.5. The summed E-state index contributed by atoms with van der Waals surface area (Å²) in [6.45, 7) is 13.7. The zero-order valence-electron chi connectivity index (χ0n) is 19.7. The summed E-state index contributed by atoms with van der Waals surface area (Å²) in [6.07, 6.45) is 0.0141. The highest BCUT2D eigenvalue weighted by atomic mass is 32.1. The number of benzene rings is 1. The average molecular weight is 472 g/mol. The van der Waals surface area contributed by atoms with Crippen molar-refractivity contribution in [1.82, 2.24) is 9.44 Å². The maximum atomic E-state index is 13.3. The second-order valence-corrected chi connectivity index (χ2v) is 10.7. The largest absolute Gasteiger partial charge is 0.416 e. The van der Waals surface area contributed by atoms with Gasteiger partial charge in [-0.05, 0) is 84.1 Å². The van der Waals surface area contributed by atoms with E-state index >= 15 is 0 Å². The molecule has 0 saturated carbocycles. The molecule has 2 aromatic rings. The van der Waals surface area contributed by atoms with Crippen molar-refractivity contribution in [1.29, 1.82) is 0 Å². The molecule has 1 aromatic heterocycles. The van der Waals surface area contributed by atoms with Crippen molar-refractivity contribution in [3.05, 3.63) is 45.8 Å². The SMILES string of the molecule is CCCCc1cn(C(C)(C)C)sc1=NC(=O)c1cc(C(F)(F)F)ccc1ONC(C)(C)C. The van der Waals surface area contributed by atoms with Crippen LogP contribution >= 0.6 is 11.5 Å². The lowest BCUT2D eigenvalue weighted by Crippen LogP contribution is -2.38. The zero-order valence-corrected chi connectivity index (χ0v) is 20.5. The third kappa shape index (κ3) is 7.20. The van der Waals surface area contributed by atoms with Gasteiger partial charge in [0.2, 0.25) is 0 Å². The Morgan fingerprint density at radius 3 is 2.34 bits per heavy atom. The van der Waals surface area contributed by atoms with Gasteiger partial charge in [0.25, 0.3) is 5.91 Å². The molecule has 0 bridgehead atoms. The first-order valence-corrected chi connectivity index (χ1v) is 11.4. The number of amides is 1. The summed E-state index contributed by atoms with van der Waals surface area (Å²) in [5, 5.41) is 0. The van der Waals surface area contributed by atoms with Gasteiger partial charge >= 0.3 is 6.18 Å². The van der Waals surface area contributed by atoms with Crippen LogP contribution in [0.4, 0.5) is 13.2 Å². The number of nitrogens with zero attached hydrogens (tertiary/aromatic N) is 2. The monoisotopic (exact) mass is 471 g/mol. The molecule has 9 heteroatoms. The van der Waals surface area contributed by atoms with E-state index in [0.29, 0.717) is 4.67 Å². The molecule has 0 radical (unpaired) electrons. The first kappa shape index (κ1) is 26.1. The minimum Gasteiger partial charge on any atom is -0.407 e. The third-order valence-corrected chi connectivity index (χ3v) is 5.78. The van der Waals surface area contributed by atoms with Crippen LogP contribution in [0.25, 0.3) is 0 Å². The highest BCUT2D eigenvalue weighted by Gasteiger charge is 2.32. The molecule has 0 spiro atoms. The minimum absolute atomic E-state index is 0.00274. The molecule has 1 N–H and O–H groups in total. The molecule has 0 unspecified atom stereocenters. The van der Waals surface area contributed by atoms with Crippen molar-refractivity contribution in [3.8, 4) is 5.75 Å². The van der Waals surface area contributed by atoms with Crippen LogP contribution in [0.15, 0.2) is 29.4 Å². The molecule has 0 saturated heterocycles. The summed E-state index contributed by atoms with van der Waals surface area (Å²) in [7, 11) is 0. The van der Waals surface area contributed by atoms with Crippen molar-refractivity contribution >= 4 is 17.4 Å². The summed E-state index contributed by atoms with van der Waals surface area (Å²) in [6, 6.07) is 2.83. The molecule has 0 aliphatic rings. The van der Waals surface area contributed by atoms with Gasteiger partial charge in [0.05, 0.1) is 11.1 Å². The van der Waals surface area contributed by atoms with E-state index in [9.17, 15) is 18.0 Å². The highest BCUT2D eigenvalue weighted by molar-refractivity contribution is 7.04. The van der Waals surface area contributed by atoms with Crippen molar-refractivity contribution in [3.63, 3.8) is 0 Å². The van der Waals surface area contributed by atoms with Crippen LogP contribution < -0.4 is 15.0 Å². The van der Waals surface area contributed by atoms with Crippen LogP contribution in [0.1, 0.15) is 82.8 Å². The lowest BCUT2D eigenvalue weighted by atomic mass is 10.1. The Morgan fingerprint density at radius 2 is 1.81 bits per heavy atom. The first-order valence-electron chi connectivity index (χ1n) is 10.6. The topological polar surface area (TPSA) is 55.6 Å². The van der Waals surface area contributed by atoms with E-state index in [4.69, 9.17) is 4.84 Å². The van der Waals surface area contributed by atoms with E-state index in [0.717, 1.165) is 43.0 Å². The Bertz CT molecular complexity index is 1010. The summed E-state index contributed by atoms with van der Waals surface area (Å²) < 4.78 is 42.4. The van der Waals surface area contributed by atoms with Gasteiger partial charge in [-0.1, -0.05) is 13.3 Å². The smallest absolute Gasteiger partial charge is 0.407 e. The van der Waals surface area contributed by atoms with E-state index in [1.165, 1.54) is 11.5 Å². The summed E-state index contributed by atoms with van der Waals surface area (Å²) in [5.74, 6) is -0.778. The molecule has 2 rings (SSSR count). The molecular weight excluding hydrogens is 439 g/mol. The quantitative estimate of drug-likeness (QED) is 0.519. The lowest BCUT2D eigenvalue weighted by Gasteiger charge is -2.21. The molecule has 5 nitrogen and oxygen atoms in total. The van der Waals surface area contributed by atoms with E-state index in [-0.39, 0.29) is 16.9 Å². The Morgan fingerprint density at radius 1 is 1.16 bits per heavy atom. The Labute approximate surface area is 191 Å². The number of hydroxylamine groups is 1. The number of unbranched alkanes of at least 4 members (excludes halogenated alkanes) is 1. The van der Waals surface area contributed by atoms with Crippen LogP contribution in [0, 0.1) is 0 Å². The van der Waals surface area contributed by atoms with E-state index in [2.05, 4.69) is 17.4 Å². The molecule has 0 atom stereocenters. The zero-order chi connectivity index (χ0) is 24.3. The third-order valence-electron chi connectivity index (χ3n) is 4.40. The van der Waals surface area contributed by atoms with Gasteiger partial charge in [0.15, 0.2) is 5.75 Å². The van der Waals surface area contributed by atoms with Gasteiger partial charge in [-0.15, -0.1) is 0 Å². The van der Waals surface area contributed by atoms with Crippen molar-refractivity contribution in [2.24, 2.45) is 4.99 Å². The van der Waals surface area contributed by atoms with Crippen LogP contribution in [-0.2, 0) is 18.1 Å². The van der Waals surface area contributed by atoms with Crippen LogP contribution in [0.2, 0.25) is 0 Å². The van der Waals surface area contributed by atoms with E-state index in [1.54, 1.807) is 0 Å². The van der Waals surface area contributed by atoms with Gasteiger partial charge in [0, 0.05) is 22.8 Å². The number of aryl methyl sites for hydroxylation is 1. The molecule has 32 heavy (non-hydrogen) atoms. The predicted octanol–water partition coefficient (Wildman–Crippen LogP) is 6.09. The molecule has 0 aliphatic carbocycles. The number of carbonyl (C=O) groups is 1. The van der Waals surface area contributed by atoms with Gasteiger partial charge in [-0.25, -0.2) is 0 Å². The number of hydrogen-bond acceptors (Lipinski definition) is 4. The molecule has 1 aromatic carbocycles. The van der Waals surface area contributed by atoms with E-state index < -0.39 is 23.2 Å². The van der Waals surface area contributed by atoms with Gasteiger partial charge in [-0.3, -0.25) is 8.75 Å². The molecule has 1 heterocycles. The van der Waals surface area contributed by atoms with Gasteiger partial charge in [-0.2, -0.15) is 23.6 Å². The van der Waals surface area contributed by atoms with Crippen LogP contribution in [-0.4, -0.2) is 15.4 Å². The van der Waals surface area contributed by atoms with Crippen LogP contribution in [0.5, 0.6) is 5.75 Å². The van der Waals surface area contributed by atoms with Crippen molar-refractivity contribution in [2.75, 3.05) is 0 Å². The fourth-order valence-electron chi connectivity index (χ4n) is 2.66. The molecule has 0 fully saturated rings. The second kappa shape index (κ2) is 9.79. The molecule has 178 valence electrons.